The number of benzene rings is 4. The van der Waals surface area contributed by atoms with Crippen LogP contribution in [0.1, 0.15) is 42.0 Å². The van der Waals surface area contributed by atoms with Crippen molar-refractivity contribution >= 4 is 43.5 Å². The number of halogens is 1. The Morgan fingerprint density at radius 1 is 0.915 bits per heavy atom. The lowest BCUT2D eigenvalue weighted by atomic mass is 10.0. The molecule has 1 N–H and O–H groups in total. The number of hydrogen-bond donors (Lipinski definition) is 1. The van der Waals surface area contributed by atoms with Crippen LogP contribution in [0.5, 0.6) is 5.75 Å². The fourth-order valence-corrected chi connectivity index (χ4v) is 7.34. The van der Waals surface area contributed by atoms with E-state index in [2.05, 4.69) is 21.2 Å². The van der Waals surface area contributed by atoms with E-state index in [-0.39, 0.29) is 23.8 Å². The molecule has 0 aliphatic rings. The normalized spacial score (nSPS) is 11.9. The van der Waals surface area contributed by atoms with Gasteiger partial charge in [0.05, 0.1) is 22.2 Å². The Kier molecular flexibility index (Phi) is 12.6. The van der Waals surface area contributed by atoms with Crippen molar-refractivity contribution in [1.82, 2.24) is 10.2 Å². The zero-order valence-corrected chi connectivity index (χ0v) is 29.7. The van der Waals surface area contributed by atoms with Gasteiger partial charge in [-0.2, -0.15) is 0 Å². The predicted molar refractivity (Wildman–Crippen MR) is 190 cm³/mol. The van der Waals surface area contributed by atoms with E-state index >= 15 is 0 Å². The van der Waals surface area contributed by atoms with Crippen LogP contribution in [0.15, 0.2) is 106 Å². The molecule has 0 saturated carbocycles. The number of nitrogens with one attached hydrogen (secondary N) is 1. The summed E-state index contributed by atoms with van der Waals surface area (Å²) in [5.74, 6) is -0.311. The molecule has 0 aliphatic carbocycles. The first-order chi connectivity index (χ1) is 22.5. The van der Waals surface area contributed by atoms with Gasteiger partial charge < -0.3 is 15.0 Å². The number of sulfonamides is 1. The van der Waals surface area contributed by atoms with Crippen LogP contribution in [-0.2, 0) is 32.6 Å². The highest BCUT2D eigenvalue weighted by Gasteiger charge is 2.35. The van der Waals surface area contributed by atoms with E-state index in [1.165, 1.54) is 24.1 Å². The summed E-state index contributed by atoms with van der Waals surface area (Å²) >= 11 is 3.40. The average Bonchev–Trinajstić information content (AvgIpc) is 3.06. The van der Waals surface area contributed by atoms with Crippen LogP contribution in [0, 0.1) is 13.8 Å². The van der Waals surface area contributed by atoms with Crippen molar-refractivity contribution in [3.05, 3.63) is 124 Å². The van der Waals surface area contributed by atoms with Gasteiger partial charge in [-0.25, -0.2) is 8.42 Å². The maximum Gasteiger partial charge on any atom is 0.264 e. The van der Waals surface area contributed by atoms with Crippen molar-refractivity contribution in [2.24, 2.45) is 0 Å². The molecule has 2 amide bonds. The standard InChI is InChI=1S/C37H42BrN3O5S/c1-5-6-22-39-37(43)34(23-29-13-8-7-9-14-29)40(25-30-15-11-10-12-28(30)3)36(42)26-41(31-18-16-27(2)17-19-31)47(44,45)32-20-21-35(46-4)33(38)24-32/h7-21,24,34H,5-6,22-23,25-26H2,1-4H3,(H,39,43). The molecular weight excluding hydrogens is 678 g/mol. The van der Waals surface area contributed by atoms with Gasteiger partial charge in [0.2, 0.25) is 11.8 Å². The molecule has 4 aromatic carbocycles. The highest BCUT2D eigenvalue weighted by molar-refractivity contribution is 9.10. The van der Waals surface area contributed by atoms with E-state index in [1.54, 1.807) is 30.3 Å². The molecular formula is C37H42BrN3O5S. The van der Waals surface area contributed by atoms with Gasteiger partial charge in [0.25, 0.3) is 10.0 Å². The molecule has 0 aliphatic heterocycles. The fourth-order valence-electron chi connectivity index (χ4n) is 5.21. The van der Waals surface area contributed by atoms with Gasteiger partial charge in [0.15, 0.2) is 0 Å². The van der Waals surface area contributed by atoms with Crippen molar-refractivity contribution in [2.45, 2.75) is 57.5 Å². The minimum Gasteiger partial charge on any atom is -0.496 e. The topological polar surface area (TPSA) is 96.0 Å². The van der Waals surface area contributed by atoms with Crippen LogP contribution in [-0.4, -0.2) is 51.4 Å². The SMILES string of the molecule is CCCCNC(=O)C(Cc1ccccc1)N(Cc1ccccc1C)C(=O)CN(c1ccc(C)cc1)S(=O)(=O)c1ccc(OC)c(Br)c1. The molecule has 4 aromatic rings. The molecule has 10 heteroatoms. The molecule has 4 rings (SSSR count). The van der Waals surface area contributed by atoms with Gasteiger partial charge in [-0.3, -0.25) is 13.9 Å². The summed E-state index contributed by atoms with van der Waals surface area (Å²) in [6, 6.07) is 27.8. The average molecular weight is 721 g/mol. The Hall–Kier alpha value is -4.15. The number of methoxy groups -OCH3 is 1. The summed E-state index contributed by atoms with van der Waals surface area (Å²) in [5, 5.41) is 3.02. The molecule has 0 radical (unpaired) electrons. The number of nitrogens with zero attached hydrogens (tertiary/aromatic N) is 2. The molecule has 1 atom stereocenters. The summed E-state index contributed by atoms with van der Waals surface area (Å²) in [6.07, 6.45) is 1.96. The van der Waals surface area contributed by atoms with Crippen LogP contribution < -0.4 is 14.4 Å². The minimum absolute atomic E-state index is 0.0119. The molecule has 0 aromatic heterocycles. The van der Waals surface area contributed by atoms with Crippen LogP contribution in [0.3, 0.4) is 0 Å². The Balaban J connectivity index is 1.81. The first-order valence-electron chi connectivity index (χ1n) is 15.6. The second-order valence-corrected chi connectivity index (χ2v) is 14.2. The van der Waals surface area contributed by atoms with E-state index in [0.29, 0.717) is 22.5 Å². The van der Waals surface area contributed by atoms with E-state index < -0.39 is 28.5 Å². The molecule has 0 heterocycles. The quantitative estimate of drug-likeness (QED) is 0.136. The van der Waals surface area contributed by atoms with Crippen LogP contribution in [0.4, 0.5) is 5.69 Å². The molecule has 0 bridgehead atoms. The number of amides is 2. The lowest BCUT2D eigenvalue weighted by Gasteiger charge is -2.34. The fraction of sp³-hybridized carbons (Fsp3) is 0.297. The van der Waals surface area contributed by atoms with Gasteiger partial charge in [0.1, 0.15) is 18.3 Å². The van der Waals surface area contributed by atoms with Gasteiger partial charge in [-0.15, -0.1) is 0 Å². The number of hydrogen-bond acceptors (Lipinski definition) is 5. The number of ether oxygens (including phenoxy) is 1. The number of carbonyl (C=O) groups is 2. The molecule has 0 spiro atoms. The minimum atomic E-state index is -4.25. The lowest BCUT2D eigenvalue weighted by molar-refractivity contribution is -0.140. The van der Waals surface area contributed by atoms with Crippen molar-refractivity contribution < 1.29 is 22.7 Å². The van der Waals surface area contributed by atoms with Gasteiger partial charge >= 0.3 is 0 Å². The van der Waals surface area contributed by atoms with E-state index in [1.807, 2.05) is 75.4 Å². The van der Waals surface area contributed by atoms with Crippen molar-refractivity contribution in [3.63, 3.8) is 0 Å². The molecule has 1 unspecified atom stereocenters. The molecule has 248 valence electrons. The van der Waals surface area contributed by atoms with E-state index in [9.17, 15) is 18.0 Å². The summed E-state index contributed by atoms with van der Waals surface area (Å²) in [6.45, 7) is 5.99. The number of anilines is 1. The smallest absolute Gasteiger partial charge is 0.264 e. The number of unbranched alkanes of at least 4 members (excludes halogenated alkanes) is 1. The number of rotatable bonds is 15. The van der Waals surface area contributed by atoms with Gasteiger partial charge in [-0.05, 0) is 83.2 Å². The number of aryl methyl sites for hydroxylation is 2. The third kappa shape index (κ3) is 9.23. The third-order valence-electron chi connectivity index (χ3n) is 8.01. The van der Waals surface area contributed by atoms with Crippen LogP contribution in [0.2, 0.25) is 0 Å². The Labute approximate surface area is 286 Å². The maximum atomic E-state index is 14.6. The third-order valence-corrected chi connectivity index (χ3v) is 10.4. The van der Waals surface area contributed by atoms with E-state index in [0.717, 1.165) is 39.4 Å². The maximum absolute atomic E-state index is 14.6. The number of carbonyl (C=O) groups excluding carboxylic acids is 2. The molecule has 8 nitrogen and oxygen atoms in total. The Morgan fingerprint density at radius 3 is 2.23 bits per heavy atom. The zero-order chi connectivity index (χ0) is 34.0. The first kappa shape index (κ1) is 35.7. The summed E-state index contributed by atoms with van der Waals surface area (Å²) in [5.41, 5.74) is 3.98. The lowest BCUT2D eigenvalue weighted by Crippen LogP contribution is -2.53. The highest BCUT2D eigenvalue weighted by atomic mass is 79.9. The molecule has 0 fully saturated rings. The van der Waals surface area contributed by atoms with E-state index in [4.69, 9.17) is 4.74 Å². The van der Waals surface area contributed by atoms with Crippen molar-refractivity contribution in [1.29, 1.82) is 0 Å². The highest BCUT2D eigenvalue weighted by Crippen LogP contribution is 2.31. The Morgan fingerprint density at radius 2 is 1.60 bits per heavy atom. The summed E-state index contributed by atoms with van der Waals surface area (Å²) in [4.78, 5) is 30.0. The second-order valence-electron chi connectivity index (χ2n) is 11.4. The Bertz CT molecular complexity index is 1760. The first-order valence-corrected chi connectivity index (χ1v) is 17.9. The van der Waals surface area contributed by atoms with Gasteiger partial charge in [-0.1, -0.05) is 85.6 Å². The van der Waals surface area contributed by atoms with Gasteiger partial charge in [0, 0.05) is 19.5 Å². The second kappa shape index (κ2) is 16.6. The zero-order valence-electron chi connectivity index (χ0n) is 27.3. The molecule has 47 heavy (non-hydrogen) atoms. The molecule has 0 saturated heterocycles. The summed E-state index contributed by atoms with van der Waals surface area (Å²) in [7, 11) is -2.75. The van der Waals surface area contributed by atoms with Crippen molar-refractivity contribution in [2.75, 3.05) is 24.5 Å². The largest absolute Gasteiger partial charge is 0.496 e. The van der Waals surface area contributed by atoms with Crippen LogP contribution in [0.25, 0.3) is 0 Å². The summed E-state index contributed by atoms with van der Waals surface area (Å²) < 4.78 is 35.5. The van der Waals surface area contributed by atoms with Crippen molar-refractivity contribution in [3.8, 4) is 5.75 Å². The van der Waals surface area contributed by atoms with Crippen LogP contribution >= 0.6 is 15.9 Å². The monoisotopic (exact) mass is 719 g/mol. The predicted octanol–water partition coefficient (Wildman–Crippen LogP) is 6.83.